The average molecular weight is 364 g/mol. The zero-order valence-corrected chi connectivity index (χ0v) is 15.1. The maximum atomic E-state index is 12.6. The van der Waals surface area contributed by atoms with E-state index in [-0.39, 0.29) is 28.3 Å². The molecule has 6 nitrogen and oxygen atoms in total. The van der Waals surface area contributed by atoms with Gasteiger partial charge in [-0.15, -0.1) is 0 Å². The Morgan fingerprint density at radius 2 is 1.40 bits per heavy atom. The van der Waals surface area contributed by atoms with Crippen LogP contribution in [-0.4, -0.2) is 27.3 Å². The van der Waals surface area contributed by atoms with E-state index in [1.807, 2.05) is 13.8 Å². The van der Waals surface area contributed by atoms with Crippen LogP contribution in [0.15, 0.2) is 58.3 Å². The van der Waals surface area contributed by atoms with Gasteiger partial charge in [-0.25, -0.2) is 13.2 Å². The van der Waals surface area contributed by atoms with Gasteiger partial charge < -0.3 is 14.2 Å². The molecule has 2 aromatic rings. The topological polar surface area (TPSA) is 78.9 Å². The van der Waals surface area contributed by atoms with Crippen molar-refractivity contribution in [3.05, 3.63) is 48.5 Å². The molecular weight excluding hydrogens is 344 g/mol. The van der Waals surface area contributed by atoms with Gasteiger partial charge in [0.2, 0.25) is 9.84 Å². The van der Waals surface area contributed by atoms with Gasteiger partial charge in [-0.3, -0.25) is 0 Å². The van der Waals surface area contributed by atoms with Crippen molar-refractivity contribution in [3.63, 3.8) is 0 Å². The summed E-state index contributed by atoms with van der Waals surface area (Å²) in [6.07, 6.45) is -0.826. The first-order valence-corrected chi connectivity index (χ1v) is 9.27. The lowest BCUT2D eigenvalue weighted by atomic mass is 10.3. The molecule has 0 aliphatic carbocycles. The summed E-state index contributed by atoms with van der Waals surface area (Å²) in [6.45, 7) is 5.64. The Bertz CT molecular complexity index is 808. The van der Waals surface area contributed by atoms with Crippen LogP contribution in [0.3, 0.4) is 0 Å². The zero-order valence-electron chi connectivity index (χ0n) is 14.3. The second-order valence-corrected chi connectivity index (χ2v) is 7.35. The highest BCUT2D eigenvalue weighted by Crippen LogP contribution is 2.25. The van der Waals surface area contributed by atoms with E-state index in [1.165, 1.54) is 36.4 Å². The third-order valence-electron chi connectivity index (χ3n) is 3.10. The minimum absolute atomic E-state index is 0.00870. The lowest BCUT2D eigenvalue weighted by molar-refractivity contribution is 0.104. The lowest BCUT2D eigenvalue weighted by Gasteiger charge is -2.10. The van der Waals surface area contributed by atoms with Crippen molar-refractivity contribution in [2.24, 2.45) is 0 Å². The summed E-state index contributed by atoms with van der Waals surface area (Å²) in [5, 5.41) is 0. The smallest absolute Gasteiger partial charge is 0.491 e. The Morgan fingerprint density at radius 3 is 1.84 bits per heavy atom. The minimum atomic E-state index is -3.67. The third-order valence-corrected chi connectivity index (χ3v) is 4.89. The van der Waals surface area contributed by atoms with E-state index in [2.05, 4.69) is 4.74 Å². The molecule has 0 unspecified atom stereocenters. The summed E-state index contributed by atoms with van der Waals surface area (Å²) in [7, 11) is -3.67. The molecule has 0 N–H and O–H groups in total. The van der Waals surface area contributed by atoms with Crippen LogP contribution in [0.1, 0.15) is 20.8 Å². The molecular formula is C18H20O6S. The lowest BCUT2D eigenvalue weighted by Crippen LogP contribution is -2.10. The molecule has 0 radical (unpaired) electrons. The van der Waals surface area contributed by atoms with E-state index in [1.54, 1.807) is 19.1 Å². The molecule has 0 aromatic heterocycles. The molecule has 0 saturated heterocycles. The maximum Gasteiger partial charge on any atom is 0.513 e. The van der Waals surface area contributed by atoms with E-state index in [0.717, 1.165) is 0 Å². The van der Waals surface area contributed by atoms with Crippen LogP contribution in [0.4, 0.5) is 4.79 Å². The molecule has 25 heavy (non-hydrogen) atoms. The Balaban J connectivity index is 2.17. The number of sulfone groups is 1. The quantitative estimate of drug-likeness (QED) is 0.572. The van der Waals surface area contributed by atoms with Gasteiger partial charge in [0.15, 0.2) is 0 Å². The predicted octanol–water partition coefficient (Wildman–Crippen LogP) is 3.84. The molecule has 0 aliphatic rings. The molecule has 7 heteroatoms. The van der Waals surface area contributed by atoms with Crippen LogP contribution < -0.4 is 9.47 Å². The first kappa shape index (κ1) is 18.8. The van der Waals surface area contributed by atoms with E-state index in [9.17, 15) is 13.2 Å². The molecule has 0 aliphatic heterocycles. The van der Waals surface area contributed by atoms with Crippen molar-refractivity contribution in [1.29, 1.82) is 0 Å². The number of hydrogen-bond donors (Lipinski definition) is 0. The van der Waals surface area contributed by atoms with Crippen LogP contribution in [0, 0.1) is 0 Å². The zero-order chi connectivity index (χ0) is 18.4. The fraction of sp³-hybridized carbons (Fsp3) is 0.278. The van der Waals surface area contributed by atoms with Crippen molar-refractivity contribution < 1.29 is 27.4 Å². The highest BCUT2D eigenvalue weighted by atomic mass is 32.2. The van der Waals surface area contributed by atoms with E-state index >= 15 is 0 Å². The number of carbonyl (C=O) groups excluding carboxylic acids is 1. The first-order valence-electron chi connectivity index (χ1n) is 7.79. The fourth-order valence-corrected chi connectivity index (χ4v) is 3.30. The van der Waals surface area contributed by atoms with Crippen LogP contribution in [0.25, 0.3) is 0 Å². The Hall–Kier alpha value is -2.54. The Kier molecular flexibility index (Phi) is 6.03. The normalized spacial score (nSPS) is 11.2. The molecule has 2 aromatic carbocycles. The third kappa shape index (κ3) is 4.96. The van der Waals surface area contributed by atoms with Crippen LogP contribution >= 0.6 is 0 Å². The number of ether oxygens (including phenoxy) is 3. The van der Waals surface area contributed by atoms with Crippen LogP contribution in [0.5, 0.6) is 11.5 Å². The van der Waals surface area contributed by atoms with Crippen molar-refractivity contribution in [2.75, 3.05) is 6.61 Å². The molecule has 0 spiro atoms. The van der Waals surface area contributed by atoms with Gasteiger partial charge in [-0.05, 0) is 69.3 Å². The summed E-state index contributed by atoms with van der Waals surface area (Å²) in [4.78, 5) is 11.5. The van der Waals surface area contributed by atoms with Crippen molar-refractivity contribution in [3.8, 4) is 11.5 Å². The Labute approximate surface area is 147 Å². The molecule has 0 heterocycles. The van der Waals surface area contributed by atoms with Gasteiger partial charge >= 0.3 is 6.16 Å². The van der Waals surface area contributed by atoms with E-state index in [4.69, 9.17) is 9.47 Å². The summed E-state index contributed by atoms with van der Waals surface area (Å²) in [5.41, 5.74) is 0. The fourth-order valence-electron chi connectivity index (χ4n) is 2.04. The average Bonchev–Trinajstić information content (AvgIpc) is 2.55. The van der Waals surface area contributed by atoms with E-state index < -0.39 is 16.0 Å². The predicted molar refractivity (Wildman–Crippen MR) is 91.7 cm³/mol. The van der Waals surface area contributed by atoms with Gasteiger partial charge in [-0.2, -0.15) is 0 Å². The molecule has 134 valence electrons. The molecule has 2 rings (SSSR count). The van der Waals surface area contributed by atoms with Gasteiger partial charge in [0.25, 0.3) is 0 Å². The number of carbonyl (C=O) groups is 1. The Morgan fingerprint density at radius 1 is 0.920 bits per heavy atom. The van der Waals surface area contributed by atoms with Crippen LogP contribution in [-0.2, 0) is 14.6 Å². The second kappa shape index (κ2) is 8.02. The number of rotatable bonds is 6. The second-order valence-electron chi connectivity index (χ2n) is 5.40. The summed E-state index contributed by atoms with van der Waals surface area (Å²) >= 11 is 0. The number of hydrogen-bond acceptors (Lipinski definition) is 6. The largest absolute Gasteiger partial charge is 0.513 e. The van der Waals surface area contributed by atoms with Crippen molar-refractivity contribution >= 4 is 16.0 Å². The monoisotopic (exact) mass is 364 g/mol. The van der Waals surface area contributed by atoms with Gasteiger partial charge in [0.1, 0.15) is 11.5 Å². The van der Waals surface area contributed by atoms with Crippen LogP contribution in [0.2, 0.25) is 0 Å². The summed E-state index contributed by atoms with van der Waals surface area (Å²) < 4.78 is 40.3. The summed E-state index contributed by atoms with van der Waals surface area (Å²) in [6, 6.07) is 11.8. The number of benzene rings is 2. The molecule has 0 atom stereocenters. The first-order chi connectivity index (χ1) is 11.8. The SMILES string of the molecule is CCOC(=O)Oc1ccc(S(=O)(=O)c2ccc(OC(C)C)cc2)cc1. The van der Waals surface area contributed by atoms with Gasteiger partial charge in [-0.1, -0.05) is 0 Å². The molecule has 0 fully saturated rings. The van der Waals surface area contributed by atoms with E-state index in [0.29, 0.717) is 5.75 Å². The van der Waals surface area contributed by atoms with Gasteiger partial charge in [0, 0.05) is 0 Å². The molecule has 0 amide bonds. The van der Waals surface area contributed by atoms with Crippen molar-refractivity contribution in [1.82, 2.24) is 0 Å². The highest BCUT2D eigenvalue weighted by Gasteiger charge is 2.18. The van der Waals surface area contributed by atoms with Crippen molar-refractivity contribution in [2.45, 2.75) is 36.7 Å². The van der Waals surface area contributed by atoms with Gasteiger partial charge in [0.05, 0.1) is 22.5 Å². The minimum Gasteiger partial charge on any atom is -0.491 e. The highest BCUT2D eigenvalue weighted by molar-refractivity contribution is 7.91. The standard InChI is InChI=1S/C18H20O6S/c1-4-22-18(19)24-15-7-11-17(12-8-15)25(20,21)16-9-5-14(6-10-16)23-13(2)3/h5-13H,4H2,1-3H3. The summed E-state index contributed by atoms with van der Waals surface area (Å²) in [5.74, 6) is 0.810. The maximum absolute atomic E-state index is 12.6. The molecule has 0 bridgehead atoms. The molecule has 0 saturated carbocycles.